The van der Waals surface area contributed by atoms with Crippen molar-refractivity contribution in [1.82, 2.24) is 29.5 Å². The Morgan fingerprint density at radius 3 is 2.84 bits per heavy atom. The van der Waals surface area contributed by atoms with Crippen LogP contribution in [0, 0.1) is 6.92 Å². The highest BCUT2D eigenvalue weighted by atomic mass is 35.5. The van der Waals surface area contributed by atoms with Crippen molar-refractivity contribution >= 4 is 33.8 Å². The molecule has 0 atom stereocenters. The van der Waals surface area contributed by atoms with Crippen LogP contribution in [0.1, 0.15) is 22.1 Å². The molecule has 0 saturated carbocycles. The van der Waals surface area contributed by atoms with E-state index in [2.05, 4.69) is 20.4 Å². The standard InChI is InChI=1S/C16H13ClN6OS/c1-10-19-14(21-23(10)13-4-2-11(17)3-5-13)15(24)18-8-12-9-22-6-7-25-16(22)20-12/h2-7,9H,8H2,1H3,(H,18,24). The number of benzene rings is 1. The van der Waals surface area contributed by atoms with Crippen molar-refractivity contribution in [3.63, 3.8) is 0 Å². The van der Waals surface area contributed by atoms with Gasteiger partial charge in [-0.3, -0.25) is 9.20 Å². The van der Waals surface area contributed by atoms with Crippen molar-refractivity contribution in [2.75, 3.05) is 0 Å². The smallest absolute Gasteiger partial charge is 0.291 e. The van der Waals surface area contributed by atoms with Gasteiger partial charge < -0.3 is 5.32 Å². The Hall–Kier alpha value is -2.71. The number of halogens is 1. The molecule has 0 aliphatic rings. The van der Waals surface area contributed by atoms with Gasteiger partial charge in [0.05, 0.1) is 17.9 Å². The molecular weight excluding hydrogens is 360 g/mol. The zero-order valence-electron chi connectivity index (χ0n) is 13.2. The largest absolute Gasteiger partial charge is 0.344 e. The summed E-state index contributed by atoms with van der Waals surface area (Å²) in [6.45, 7) is 2.11. The van der Waals surface area contributed by atoms with Gasteiger partial charge >= 0.3 is 0 Å². The van der Waals surface area contributed by atoms with Crippen molar-refractivity contribution < 1.29 is 4.79 Å². The zero-order chi connectivity index (χ0) is 17.4. The van der Waals surface area contributed by atoms with Gasteiger partial charge in [-0.1, -0.05) is 11.6 Å². The number of carbonyl (C=O) groups is 1. The molecule has 1 aromatic carbocycles. The van der Waals surface area contributed by atoms with Crippen LogP contribution in [0.3, 0.4) is 0 Å². The van der Waals surface area contributed by atoms with Crippen molar-refractivity contribution in [2.24, 2.45) is 0 Å². The summed E-state index contributed by atoms with van der Waals surface area (Å²) in [7, 11) is 0. The molecule has 7 nitrogen and oxygen atoms in total. The fourth-order valence-electron chi connectivity index (χ4n) is 2.42. The number of aromatic nitrogens is 5. The average molecular weight is 373 g/mol. The molecule has 0 fully saturated rings. The Kier molecular flexibility index (Phi) is 3.98. The Labute approximate surface area is 151 Å². The first kappa shape index (κ1) is 15.8. The topological polar surface area (TPSA) is 77.1 Å². The quantitative estimate of drug-likeness (QED) is 0.597. The molecule has 0 saturated heterocycles. The summed E-state index contributed by atoms with van der Waals surface area (Å²) in [5.74, 6) is 0.399. The maximum atomic E-state index is 12.3. The Morgan fingerprint density at radius 2 is 2.08 bits per heavy atom. The van der Waals surface area contributed by atoms with Crippen molar-refractivity contribution in [1.29, 1.82) is 0 Å². The molecule has 0 spiro atoms. The van der Waals surface area contributed by atoms with Crippen LogP contribution in [0.4, 0.5) is 0 Å². The van der Waals surface area contributed by atoms with Crippen LogP contribution in [-0.2, 0) is 6.54 Å². The summed E-state index contributed by atoms with van der Waals surface area (Å²) in [4.78, 5) is 21.9. The van der Waals surface area contributed by atoms with Crippen molar-refractivity contribution in [3.05, 3.63) is 64.4 Å². The van der Waals surface area contributed by atoms with Gasteiger partial charge in [-0.25, -0.2) is 14.6 Å². The number of hydrogen-bond acceptors (Lipinski definition) is 5. The number of carbonyl (C=O) groups excluding carboxylic acids is 1. The van der Waals surface area contributed by atoms with Crippen molar-refractivity contribution in [3.8, 4) is 5.69 Å². The predicted molar refractivity (Wildman–Crippen MR) is 95.3 cm³/mol. The molecular formula is C16H13ClN6OS. The molecule has 4 rings (SSSR count). The minimum absolute atomic E-state index is 0.119. The molecule has 1 N–H and O–H groups in total. The van der Waals surface area contributed by atoms with Crippen LogP contribution in [-0.4, -0.2) is 30.1 Å². The lowest BCUT2D eigenvalue weighted by Crippen LogP contribution is -2.24. The van der Waals surface area contributed by atoms with Gasteiger partial charge in [-0.05, 0) is 31.2 Å². The van der Waals surface area contributed by atoms with Gasteiger partial charge in [0.15, 0.2) is 4.96 Å². The van der Waals surface area contributed by atoms with Gasteiger partial charge in [0.1, 0.15) is 5.82 Å². The predicted octanol–water partition coefficient (Wildman–Crippen LogP) is 2.87. The summed E-state index contributed by atoms with van der Waals surface area (Å²) in [6.07, 6.45) is 3.81. The summed E-state index contributed by atoms with van der Waals surface area (Å²) >= 11 is 7.44. The average Bonchev–Trinajstić information content (AvgIpc) is 3.28. The molecule has 0 radical (unpaired) electrons. The molecule has 0 aliphatic carbocycles. The molecule has 0 unspecified atom stereocenters. The third-order valence-corrected chi connectivity index (χ3v) is 4.64. The summed E-state index contributed by atoms with van der Waals surface area (Å²) in [5, 5.41) is 9.68. The normalized spacial score (nSPS) is 11.1. The molecule has 0 bridgehead atoms. The van der Waals surface area contributed by atoms with E-state index in [1.165, 1.54) is 0 Å². The summed E-state index contributed by atoms with van der Waals surface area (Å²) in [6, 6.07) is 7.18. The van der Waals surface area contributed by atoms with Gasteiger partial charge in [0, 0.05) is 22.8 Å². The van der Waals surface area contributed by atoms with E-state index in [4.69, 9.17) is 11.6 Å². The number of nitrogens with zero attached hydrogens (tertiary/aromatic N) is 5. The van der Waals surface area contributed by atoms with Crippen LogP contribution in [0.5, 0.6) is 0 Å². The maximum Gasteiger partial charge on any atom is 0.291 e. The third kappa shape index (κ3) is 3.13. The lowest BCUT2D eigenvalue weighted by molar-refractivity contribution is 0.0940. The molecule has 4 aromatic rings. The van der Waals surface area contributed by atoms with Gasteiger partial charge in [-0.15, -0.1) is 16.4 Å². The van der Waals surface area contributed by atoms with E-state index in [-0.39, 0.29) is 11.7 Å². The minimum Gasteiger partial charge on any atom is -0.344 e. The van der Waals surface area contributed by atoms with Crippen LogP contribution >= 0.6 is 22.9 Å². The molecule has 1 amide bonds. The van der Waals surface area contributed by atoms with Gasteiger partial charge in [0.2, 0.25) is 5.82 Å². The lowest BCUT2D eigenvalue weighted by atomic mass is 10.3. The lowest BCUT2D eigenvalue weighted by Gasteiger charge is -2.02. The second-order valence-electron chi connectivity index (χ2n) is 5.38. The maximum absolute atomic E-state index is 12.3. The molecule has 25 heavy (non-hydrogen) atoms. The van der Waals surface area contributed by atoms with Gasteiger partial charge in [0.25, 0.3) is 5.91 Å². The minimum atomic E-state index is -0.341. The number of imidazole rings is 1. The van der Waals surface area contributed by atoms with Crippen LogP contribution in [0.25, 0.3) is 10.6 Å². The Morgan fingerprint density at radius 1 is 1.28 bits per heavy atom. The number of hydrogen-bond donors (Lipinski definition) is 1. The van der Waals surface area contributed by atoms with E-state index >= 15 is 0 Å². The molecule has 0 aliphatic heterocycles. The first-order valence-electron chi connectivity index (χ1n) is 7.49. The first-order chi connectivity index (χ1) is 12.1. The van der Waals surface area contributed by atoms with Crippen LogP contribution in [0.2, 0.25) is 5.02 Å². The second kappa shape index (κ2) is 6.30. The third-order valence-electron chi connectivity index (χ3n) is 3.62. The van der Waals surface area contributed by atoms with E-state index < -0.39 is 0 Å². The fourth-order valence-corrected chi connectivity index (χ4v) is 3.27. The number of fused-ring (bicyclic) bond motifs is 1. The number of nitrogens with one attached hydrogen (secondary N) is 1. The highest BCUT2D eigenvalue weighted by Crippen LogP contribution is 2.14. The van der Waals surface area contributed by atoms with E-state index in [1.54, 1.807) is 35.1 Å². The number of amides is 1. The number of aryl methyl sites for hydroxylation is 1. The Balaban J connectivity index is 1.49. The molecule has 3 heterocycles. The number of rotatable bonds is 4. The highest BCUT2D eigenvalue weighted by Gasteiger charge is 2.15. The van der Waals surface area contributed by atoms with E-state index in [1.807, 2.05) is 34.3 Å². The van der Waals surface area contributed by atoms with E-state index in [9.17, 15) is 4.79 Å². The van der Waals surface area contributed by atoms with Crippen LogP contribution < -0.4 is 5.32 Å². The zero-order valence-corrected chi connectivity index (χ0v) is 14.8. The first-order valence-corrected chi connectivity index (χ1v) is 8.75. The number of thiazole rings is 1. The monoisotopic (exact) mass is 372 g/mol. The van der Waals surface area contributed by atoms with Crippen molar-refractivity contribution in [2.45, 2.75) is 13.5 Å². The Bertz CT molecular complexity index is 1020. The molecule has 126 valence electrons. The second-order valence-corrected chi connectivity index (χ2v) is 6.69. The SMILES string of the molecule is Cc1nc(C(=O)NCc2cn3ccsc3n2)nn1-c1ccc(Cl)cc1. The summed E-state index contributed by atoms with van der Waals surface area (Å²) in [5.41, 5.74) is 1.58. The molecule has 9 heteroatoms. The fraction of sp³-hybridized carbons (Fsp3) is 0.125. The molecule has 3 aromatic heterocycles. The van der Waals surface area contributed by atoms with Crippen LogP contribution in [0.15, 0.2) is 42.0 Å². The summed E-state index contributed by atoms with van der Waals surface area (Å²) < 4.78 is 3.53. The van der Waals surface area contributed by atoms with E-state index in [0.717, 1.165) is 16.3 Å². The van der Waals surface area contributed by atoms with Gasteiger partial charge in [-0.2, -0.15) is 0 Å². The van der Waals surface area contributed by atoms with E-state index in [0.29, 0.717) is 17.4 Å². The highest BCUT2D eigenvalue weighted by molar-refractivity contribution is 7.15.